The van der Waals surface area contributed by atoms with Crippen LogP contribution in [0.2, 0.25) is 0 Å². The largest absolute Gasteiger partial charge is 0.508 e. The zero-order valence-corrected chi connectivity index (χ0v) is 25.4. The second-order valence-corrected chi connectivity index (χ2v) is 12.5. The van der Waals surface area contributed by atoms with Gasteiger partial charge in [0, 0.05) is 23.6 Å². The number of carbonyl (C=O) groups excluding carboxylic acids is 5. The number of imide groups is 4. The van der Waals surface area contributed by atoms with Gasteiger partial charge in [-0.15, -0.1) is 23.2 Å². The van der Waals surface area contributed by atoms with E-state index in [1.54, 1.807) is 0 Å². The van der Waals surface area contributed by atoms with E-state index >= 15 is 8.78 Å². The van der Waals surface area contributed by atoms with Crippen LogP contribution in [-0.4, -0.2) is 63.6 Å². The predicted octanol–water partition coefficient (Wildman–Crippen LogP) is 3.75. The van der Waals surface area contributed by atoms with Crippen LogP contribution in [0.15, 0.2) is 23.8 Å². The maximum absolute atomic E-state index is 15.2. The first kappa shape index (κ1) is 32.5. The highest BCUT2D eigenvalue weighted by atomic mass is 35.5. The van der Waals surface area contributed by atoms with Gasteiger partial charge in [-0.2, -0.15) is 4.90 Å². The van der Waals surface area contributed by atoms with Crippen molar-refractivity contribution < 1.29 is 60.5 Å². The maximum Gasteiger partial charge on any atom is 0.328 e. The second-order valence-electron chi connectivity index (χ2n) is 11.3. The minimum absolute atomic E-state index is 0.0627. The van der Waals surface area contributed by atoms with Crippen LogP contribution >= 0.6 is 23.2 Å². The Morgan fingerprint density at radius 2 is 1.43 bits per heavy atom. The zero-order chi connectivity index (χ0) is 34.7. The summed E-state index contributed by atoms with van der Waals surface area (Å²) in [6.45, 7) is 0. The molecule has 2 aliphatic carbocycles. The number of hydrogen-bond acceptors (Lipinski definition) is 8. The molecule has 47 heavy (non-hydrogen) atoms. The number of amides is 6. The first-order valence-electron chi connectivity index (χ1n) is 13.6. The lowest BCUT2D eigenvalue weighted by molar-refractivity contribution is -0.136. The summed E-state index contributed by atoms with van der Waals surface area (Å²) < 4.78 is 83.9. The number of phenols is 1. The molecule has 0 spiro atoms. The van der Waals surface area contributed by atoms with E-state index in [4.69, 9.17) is 38.4 Å². The van der Waals surface area contributed by atoms with Crippen molar-refractivity contribution in [1.29, 1.82) is 0 Å². The smallest absolute Gasteiger partial charge is 0.328 e. The summed E-state index contributed by atoms with van der Waals surface area (Å²) in [5.74, 6) is -24.6. The summed E-state index contributed by atoms with van der Waals surface area (Å²) in [7, 11) is 2.29. The van der Waals surface area contributed by atoms with Crippen LogP contribution in [0, 0.1) is 46.8 Å². The van der Waals surface area contributed by atoms with Crippen molar-refractivity contribution in [2.45, 2.75) is 28.5 Å². The molecule has 0 radical (unpaired) electrons. The molecular weight excluding hydrogens is 684 g/mol. The molecule has 1 saturated carbocycles. The van der Waals surface area contributed by atoms with Gasteiger partial charge in [-0.05, 0) is 18.8 Å². The van der Waals surface area contributed by atoms with E-state index in [1.165, 1.54) is 6.08 Å². The van der Waals surface area contributed by atoms with Crippen LogP contribution in [0.25, 0.3) is 0 Å². The third-order valence-electron chi connectivity index (χ3n) is 9.26. The molecule has 2 aromatic carbocycles. The highest BCUT2D eigenvalue weighted by Gasteiger charge is 2.77. The van der Waals surface area contributed by atoms with E-state index in [0.717, 1.165) is 26.4 Å². The molecule has 248 valence electrons. The molecule has 0 aromatic heterocycles. The van der Waals surface area contributed by atoms with Gasteiger partial charge in [0.15, 0.2) is 33.0 Å². The fourth-order valence-electron chi connectivity index (χ4n) is 7.31. The molecule has 6 unspecified atom stereocenters. The first-order chi connectivity index (χ1) is 22.0. The third-order valence-corrected chi connectivity index (χ3v) is 10.7. The quantitative estimate of drug-likeness (QED) is 0.122. The number of rotatable bonds is 4. The molecule has 2 aliphatic heterocycles. The van der Waals surface area contributed by atoms with E-state index < -0.39 is 110 Å². The molecule has 0 bridgehead atoms. The standard InChI is InChI=1S/C29H20Cl2F5N3O8/c1-46-12-5-8(40)6-13(47-2)15(12)16-9-3-4-10-14(24(42)39(23(10)41)27(37)45)11(9)7-28(30)25(43)38(26(44)29(16,28)31)22-20(35)18(33)17(32)19(34)21(22)36/h3,5-6,10-11,14,16,40H,4,7H2,1-2H3,(H2,37,45). The van der Waals surface area contributed by atoms with E-state index in [0.29, 0.717) is 0 Å². The van der Waals surface area contributed by atoms with E-state index in [-0.39, 0.29) is 38.9 Å². The molecular formula is C29H20Cl2F5N3O8. The number of methoxy groups -OCH3 is 2. The normalized spacial score (nSPS) is 29.9. The number of carbonyl (C=O) groups is 5. The zero-order valence-electron chi connectivity index (χ0n) is 23.9. The number of allylic oxidation sites excluding steroid dienone is 2. The Kier molecular flexibility index (Phi) is 7.28. The van der Waals surface area contributed by atoms with Crippen LogP contribution in [-0.2, 0) is 19.2 Å². The number of halogens is 7. The second kappa shape index (κ2) is 10.5. The maximum atomic E-state index is 15.2. The summed E-state index contributed by atoms with van der Waals surface area (Å²) >= 11 is 14.1. The summed E-state index contributed by atoms with van der Waals surface area (Å²) in [5, 5.41) is 10.3. The molecule has 2 saturated heterocycles. The molecule has 6 atom stereocenters. The average Bonchev–Trinajstić information content (AvgIpc) is 3.37. The predicted molar refractivity (Wildman–Crippen MR) is 149 cm³/mol. The van der Waals surface area contributed by atoms with Gasteiger partial charge < -0.3 is 20.3 Å². The highest BCUT2D eigenvalue weighted by molar-refractivity contribution is 6.58. The van der Waals surface area contributed by atoms with Crippen molar-refractivity contribution in [3.63, 3.8) is 0 Å². The summed E-state index contributed by atoms with van der Waals surface area (Å²) in [4.78, 5) is 61.4. The van der Waals surface area contributed by atoms with Crippen molar-refractivity contribution in [1.82, 2.24) is 4.90 Å². The first-order valence-corrected chi connectivity index (χ1v) is 14.3. The van der Waals surface area contributed by atoms with Crippen LogP contribution in [0.1, 0.15) is 24.3 Å². The van der Waals surface area contributed by atoms with Gasteiger partial charge in [-0.1, -0.05) is 11.6 Å². The SMILES string of the molecule is COc1cc(O)cc(OC)c1C1C2=CCC3C(=O)N(C(N)=O)C(=O)C3C2CC2(Cl)C(=O)N(c3c(F)c(F)c(F)c(F)c3F)C(=O)C12Cl. The van der Waals surface area contributed by atoms with Crippen molar-refractivity contribution in [2.24, 2.45) is 23.5 Å². The molecule has 2 heterocycles. The molecule has 3 fully saturated rings. The highest BCUT2D eigenvalue weighted by Crippen LogP contribution is 2.67. The number of benzene rings is 2. The van der Waals surface area contributed by atoms with Crippen LogP contribution in [0.4, 0.5) is 32.4 Å². The van der Waals surface area contributed by atoms with Crippen LogP contribution in [0.5, 0.6) is 17.2 Å². The number of aromatic hydroxyl groups is 1. The lowest BCUT2D eigenvalue weighted by Crippen LogP contribution is -2.60. The molecule has 6 rings (SSSR count). The van der Waals surface area contributed by atoms with Gasteiger partial charge >= 0.3 is 6.03 Å². The number of fused-ring (bicyclic) bond motifs is 4. The number of urea groups is 1. The number of nitrogens with two attached hydrogens (primary N) is 1. The Morgan fingerprint density at radius 1 is 0.894 bits per heavy atom. The van der Waals surface area contributed by atoms with E-state index in [2.05, 4.69) is 0 Å². The van der Waals surface area contributed by atoms with Gasteiger partial charge in [-0.25, -0.2) is 31.6 Å². The Hall–Kier alpha value is -4.44. The number of phenolic OH excluding ortho intramolecular Hbond substituents is 1. The van der Waals surface area contributed by atoms with Gasteiger partial charge in [0.25, 0.3) is 11.8 Å². The van der Waals surface area contributed by atoms with Crippen LogP contribution < -0.4 is 20.1 Å². The minimum atomic E-state index is -2.87. The van der Waals surface area contributed by atoms with Crippen LogP contribution in [0.3, 0.4) is 0 Å². The monoisotopic (exact) mass is 703 g/mol. The summed E-state index contributed by atoms with van der Waals surface area (Å²) in [5.41, 5.74) is 3.23. The lowest BCUT2D eigenvalue weighted by Gasteiger charge is -2.51. The van der Waals surface area contributed by atoms with Gasteiger partial charge in [0.2, 0.25) is 17.6 Å². The lowest BCUT2D eigenvalue weighted by atomic mass is 9.56. The molecule has 2 aromatic rings. The van der Waals surface area contributed by atoms with Crippen molar-refractivity contribution in [3.8, 4) is 17.2 Å². The Morgan fingerprint density at radius 3 is 1.94 bits per heavy atom. The summed E-state index contributed by atoms with van der Waals surface area (Å²) in [6.07, 6.45) is 0.375. The molecule has 18 heteroatoms. The van der Waals surface area contributed by atoms with Gasteiger partial charge in [0.1, 0.15) is 22.9 Å². The van der Waals surface area contributed by atoms with Crippen molar-refractivity contribution in [2.75, 3.05) is 19.1 Å². The van der Waals surface area contributed by atoms with Crippen molar-refractivity contribution >= 4 is 58.5 Å². The number of alkyl halides is 2. The topological polar surface area (TPSA) is 157 Å². The van der Waals surface area contributed by atoms with Crippen molar-refractivity contribution in [3.05, 3.63) is 58.4 Å². The number of hydrogen-bond donors (Lipinski definition) is 2. The Labute approximate surface area is 270 Å². The third kappa shape index (κ3) is 3.94. The Balaban J connectivity index is 1.67. The number of nitrogens with zero attached hydrogens (tertiary/aromatic N) is 2. The molecule has 6 amide bonds. The molecule has 4 aliphatic rings. The summed E-state index contributed by atoms with van der Waals surface area (Å²) in [6, 6.07) is 0.736. The van der Waals surface area contributed by atoms with E-state index in [9.17, 15) is 42.3 Å². The van der Waals surface area contributed by atoms with Gasteiger partial charge in [0.05, 0.1) is 26.1 Å². The number of primary amides is 1. The number of anilines is 1. The average molecular weight is 704 g/mol. The fourth-order valence-corrected chi connectivity index (χ4v) is 8.23. The number of likely N-dealkylation sites (tertiary alicyclic amines) is 1. The minimum Gasteiger partial charge on any atom is -0.508 e. The number of ether oxygens (including phenoxy) is 2. The fraction of sp³-hybridized carbons (Fsp3) is 0.345. The Bertz CT molecular complexity index is 1840. The van der Waals surface area contributed by atoms with Gasteiger partial charge in [-0.3, -0.25) is 19.2 Å². The molecule has 11 nitrogen and oxygen atoms in total. The molecule has 3 N–H and O–H groups in total. The van der Waals surface area contributed by atoms with E-state index in [1.807, 2.05) is 0 Å².